The monoisotopic (exact) mass is 441 g/mol. The molecule has 4 aromatic rings. The molecule has 1 fully saturated rings. The minimum atomic E-state index is 0.560. The summed E-state index contributed by atoms with van der Waals surface area (Å²) < 4.78 is 7.80. The predicted octanol–water partition coefficient (Wildman–Crippen LogP) is 5.44. The van der Waals surface area contributed by atoms with Crippen molar-refractivity contribution in [2.75, 3.05) is 33.3 Å². The highest BCUT2D eigenvalue weighted by Crippen LogP contribution is 2.29. The lowest BCUT2D eigenvalue weighted by Crippen LogP contribution is -2.57. The summed E-state index contributed by atoms with van der Waals surface area (Å²) >= 11 is 0. The first-order valence-electron chi connectivity index (χ1n) is 12.2. The van der Waals surface area contributed by atoms with Gasteiger partial charge in [-0.2, -0.15) is 0 Å². The van der Waals surface area contributed by atoms with E-state index in [2.05, 4.69) is 101 Å². The van der Waals surface area contributed by atoms with E-state index in [4.69, 9.17) is 4.74 Å². The van der Waals surface area contributed by atoms with Crippen molar-refractivity contribution in [1.29, 1.82) is 0 Å². The molecular weight excluding hydrogens is 406 g/mol. The summed E-state index contributed by atoms with van der Waals surface area (Å²) in [5, 5.41) is 2.72. The summed E-state index contributed by atoms with van der Waals surface area (Å²) in [5.74, 6) is 0.928. The van der Waals surface area contributed by atoms with E-state index in [0.29, 0.717) is 12.1 Å². The van der Waals surface area contributed by atoms with Crippen molar-refractivity contribution in [1.82, 2.24) is 14.4 Å². The molecule has 5 rings (SSSR count). The van der Waals surface area contributed by atoms with Crippen LogP contribution >= 0.6 is 0 Å². The normalized spacial score (nSPS) is 20.0. The zero-order valence-electron chi connectivity index (χ0n) is 20.1. The van der Waals surface area contributed by atoms with Crippen LogP contribution in [0.2, 0.25) is 0 Å². The number of hydrogen-bond acceptors (Lipinski definition) is 3. The molecule has 1 saturated heterocycles. The van der Waals surface area contributed by atoms with Crippen LogP contribution in [0.3, 0.4) is 0 Å². The van der Waals surface area contributed by atoms with Crippen LogP contribution in [-0.2, 0) is 13.0 Å². The summed E-state index contributed by atoms with van der Waals surface area (Å²) in [6.45, 7) is 10.3. The van der Waals surface area contributed by atoms with Crippen LogP contribution in [-0.4, -0.2) is 59.7 Å². The molecule has 172 valence electrons. The van der Waals surface area contributed by atoms with Gasteiger partial charge in [0.25, 0.3) is 0 Å². The summed E-state index contributed by atoms with van der Waals surface area (Å²) in [5.41, 5.74) is 4.07. The summed E-state index contributed by atoms with van der Waals surface area (Å²) in [6, 6.07) is 27.3. The SMILES string of the molecule is COc1ccc(CCN2C(C)CN(CCn3c4ccccc4c4ccccc43)CC2C)cc1. The third-order valence-corrected chi connectivity index (χ3v) is 7.31. The number of methoxy groups -OCH3 is 1. The van der Waals surface area contributed by atoms with E-state index in [-0.39, 0.29) is 0 Å². The lowest BCUT2D eigenvalue weighted by Gasteiger charge is -2.44. The topological polar surface area (TPSA) is 20.6 Å². The van der Waals surface area contributed by atoms with Crippen molar-refractivity contribution in [2.24, 2.45) is 0 Å². The Labute approximate surface area is 197 Å². The van der Waals surface area contributed by atoms with Gasteiger partial charge in [-0.15, -0.1) is 0 Å². The molecule has 1 aromatic heterocycles. The lowest BCUT2D eigenvalue weighted by molar-refractivity contribution is 0.0386. The first-order valence-corrected chi connectivity index (χ1v) is 12.2. The number of piperazine rings is 1. The number of hydrogen-bond donors (Lipinski definition) is 0. The molecule has 4 heteroatoms. The zero-order valence-corrected chi connectivity index (χ0v) is 20.1. The van der Waals surface area contributed by atoms with E-state index in [1.807, 2.05) is 0 Å². The van der Waals surface area contributed by atoms with Crippen LogP contribution < -0.4 is 4.74 Å². The van der Waals surface area contributed by atoms with Gasteiger partial charge >= 0.3 is 0 Å². The van der Waals surface area contributed by atoms with Crippen molar-refractivity contribution in [3.05, 3.63) is 78.4 Å². The standard InChI is InChI=1S/C29H35N3O/c1-22-20-30(21-23(2)31(22)17-16-24-12-14-25(33-3)15-13-24)18-19-32-28-10-6-4-8-26(28)27-9-5-7-11-29(27)32/h4-15,22-23H,16-21H2,1-3H3. The molecule has 0 radical (unpaired) electrons. The fraction of sp³-hybridized carbons (Fsp3) is 0.379. The van der Waals surface area contributed by atoms with Gasteiger partial charge in [0, 0.05) is 66.6 Å². The van der Waals surface area contributed by atoms with E-state index in [1.54, 1.807) is 7.11 Å². The number of para-hydroxylation sites is 2. The number of aromatic nitrogens is 1. The summed E-state index contributed by atoms with van der Waals surface area (Å²) in [4.78, 5) is 5.34. The highest BCUT2D eigenvalue weighted by molar-refractivity contribution is 6.07. The Morgan fingerprint density at radius 2 is 1.30 bits per heavy atom. The van der Waals surface area contributed by atoms with E-state index in [0.717, 1.165) is 44.9 Å². The van der Waals surface area contributed by atoms with Gasteiger partial charge in [-0.1, -0.05) is 48.5 Å². The van der Waals surface area contributed by atoms with Gasteiger partial charge in [0.1, 0.15) is 5.75 Å². The second-order valence-corrected chi connectivity index (χ2v) is 9.48. The van der Waals surface area contributed by atoms with Gasteiger partial charge in [-0.05, 0) is 50.1 Å². The van der Waals surface area contributed by atoms with Gasteiger partial charge in [-0.3, -0.25) is 9.80 Å². The fourth-order valence-electron chi connectivity index (χ4n) is 5.63. The van der Waals surface area contributed by atoms with Crippen molar-refractivity contribution >= 4 is 21.8 Å². The van der Waals surface area contributed by atoms with E-state index >= 15 is 0 Å². The van der Waals surface area contributed by atoms with Gasteiger partial charge in [-0.25, -0.2) is 0 Å². The maximum Gasteiger partial charge on any atom is 0.118 e. The highest BCUT2D eigenvalue weighted by atomic mass is 16.5. The maximum atomic E-state index is 5.29. The van der Waals surface area contributed by atoms with Gasteiger partial charge in [0.05, 0.1) is 7.11 Å². The first-order chi connectivity index (χ1) is 16.1. The first kappa shape index (κ1) is 22.0. The fourth-order valence-corrected chi connectivity index (χ4v) is 5.63. The largest absolute Gasteiger partial charge is 0.497 e. The average molecular weight is 442 g/mol. The molecule has 3 aromatic carbocycles. The van der Waals surface area contributed by atoms with Crippen LogP contribution in [0, 0.1) is 0 Å². The maximum absolute atomic E-state index is 5.29. The van der Waals surface area contributed by atoms with Crippen molar-refractivity contribution in [3.63, 3.8) is 0 Å². The molecule has 0 aliphatic carbocycles. The summed E-state index contributed by atoms with van der Waals surface area (Å²) in [6.07, 6.45) is 1.08. The molecule has 1 aliphatic heterocycles. The molecule has 33 heavy (non-hydrogen) atoms. The van der Waals surface area contributed by atoms with Crippen LogP contribution in [0.25, 0.3) is 21.8 Å². The van der Waals surface area contributed by atoms with Crippen LogP contribution in [0.5, 0.6) is 5.75 Å². The van der Waals surface area contributed by atoms with Gasteiger partial charge < -0.3 is 9.30 Å². The Balaban J connectivity index is 1.23. The Morgan fingerprint density at radius 3 is 1.88 bits per heavy atom. The third-order valence-electron chi connectivity index (χ3n) is 7.31. The molecule has 0 saturated carbocycles. The number of fused-ring (bicyclic) bond motifs is 3. The zero-order chi connectivity index (χ0) is 22.8. The third kappa shape index (κ3) is 4.50. The summed E-state index contributed by atoms with van der Waals surface area (Å²) in [7, 11) is 1.72. The molecule has 0 spiro atoms. The van der Waals surface area contributed by atoms with Crippen molar-refractivity contribution in [2.45, 2.75) is 38.9 Å². The minimum Gasteiger partial charge on any atom is -0.497 e. The Bertz CT molecular complexity index is 1150. The Morgan fingerprint density at radius 1 is 0.727 bits per heavy atom. The Kier molecular flexibility index (Phi) is 6.39. The van der Waals surface area contributed by atoms with Crippen LogP contribution in [0.15, 0.2) is 72.8 Å². The van der Waals surface area contributed by atoms with E-state index < -0.39 is 0 Å². The van der Waals surface area contributed by atoms with Gasteiger partial charge in [0.15, 0.2) is 0 Å². The smallest absolute Gasteiger partial charge is 0.118 e. The highest BCUT2D eigenvalue weighted by Gasteiger charge is 2.29. The second kappa shape index (κ2) is 9.58. The molecule has 0 N–H and O–H groups in total. The van der Waals surface area contributed by atoms with E-state index in [1.165, 1.54) is 27.4 Å². The number of nitrogens with zero attached hydrogens (tertiary/aromatic N) is 3. The van der Waals surface area contributed by atoms with Gasteiger partial charge in [0.2, 0.25) is 0 Å². The van der Waals surface area contributed by atoms with Crippen molar-refractivity contribution in [3.8, 4) is 5.75 Å². The molecule has 2 unspecified atom stereocenters. The quantitative estimate of drug-likeness (QED) is 0.381. The molecule has 1 aliphatic rings. The number of rotatable bonds is 7. The Hall–Kier alpha value is -2.82. The number of ether oxygens (including phenoxy) is 1. The van der Waals surface area contributed by atoms with E-state index in [9.17, 15) is 0 Å². The number of benzene rings is 3. The lowest BCUT2D eigenvalue weighted by atomic mass is 10.1. The molecule has 2 atom stereocenters. The molecule has 0 bridgehead atoms. The predicted molar refractivity (Wildman–Crippen MR) is 138 cm³/mol. The van der Waals surface area contributed by atoms with Crippen LogP contribution in [0.4, 0.5) is 0 Å². The molecule has 2 heterocycles. The average Bonchev–Trinajstić information content (AvgIpc) is 3.16. The van der Waals surface area contributed by atoms with Crippen LogP contribution in [0.1, 0.15) is 19.4 Å². The van der Waals surface area contributed by atoms with Crippen molar-refractivity contribution < 1.29 is 4.74 Å². The second-order valence-electron chi connectivity index (χ2n) is 9.48. The molecular formula is C29H35N3O. The molecule has 4 nitrogen and oxygen atoms in total. The molecule has 0 amide bonds. The minimum absolute atomic E-state index is 0.560.